The first-order valence-corrected chi connectivity index (χ1v) is 9.52. The van der Waals surface area contributed by atoms with E-state index in [9.17, 15) is 31.2 Å². The topological polar surface area (TPSA) is 89.5 Å². The van der Waals surface area contributed by atoms with Crippen LogP contribution in [0.25, 0.3) is 0 Å². The van der Waals surface area contributed by atoms with Crippen LogP contribution in [0.2, 0.25) is 0 Å². The van der Waals surface area contributed by atoms with E-state index in [4.69, 9.17) is 4.18 Å². The van der Waals surface area contributed by atoms with Gasteiger partial charge < -0.3 is 9.50 Å². The van der Waals surface area contributed by atoms with Gasteiger partial charge in [-0.05, 0) is 36.8 Å². The highest BCUT2D eigenvalue weighted by Crippen LogP contribution is 2.32. The van der Waals surface area contributed by atoms with Crippen molar-refractivity contribution in [3.8, 4) is 5.75 Å². The van der Waals surface area contributed by atoms with Crippen LogP contribution >= 0.6 is 0 Å². The van der Waals surface area contributed by atoms with Gasteiger partial charge in [-0.3, -0.25) is 9.59 Å². The maximum absolute atomic E-state index is 12.5. The van der Waals surface area contributed by atoms with Crippen LogP contribution in [-0.2, 0) is 16.5 Å². The molecule has 3 rings (SSSR count). The number of fused-ring (bicyclic) bond motifs is 1. The van der Waals surface area contributed by atoms with Gasteiger partial charge in [-0.1, -0.05) is 12.1 Å². The lowest BCUT2D eigenvalue weighted by molar-refractivity contribution is -0.123. The zero-order valence-electron chi connectivity index (χ0n) is 14.2. The van der Waals surface area contributed by atoms with Gasteiger partial charge in [0.15, 0.2) is 5.78 Å². The smallest absolute Gasteiger partial charge is 0.379 e. The van der Waals surface area contributed by atoms with Crippen molar-refractivity contribution in [2.45, 2.75) is 23.9 Å². The zero-order valence-corrected chi connectivity index (χ0v) is 15.1. The second-order valence-electron chi connectivity index (χ2n) is 6.07. The van der Waals surface area contributed by atoms with E-state index in [2.05, 4.69) is 0 Å². The van der Waals surface area contributed by atoms with E-state index in [1.807, 2.05) is 0 Å². The molecule has 0 fully saturated rings. The summed E-state index contributed by atoms with van der Waals surface area (Å²) in [5.41, 5.74) is 0.804. The molecule has 0 saturated heterocycles. The molecule has 1 aliphatic rings. The maximum Gasteiger partial charge on any atom is 0.405 e. The lowest BCUT2D eigenvalue weighted by atomic mass is 10.1. The van der Waals surface area contributed by atoms with Crippen LogP contribution in [0.1, 0.15) is 32.7 Å². The summed E-state index contributed by atoms with van der Waals surface area (Å²) < 4.78 is 66.5. The Morgan fingerprint density at radius 2 is 1.75 bits per heavy atom. The number of Topliss-reactive ketones (excluding diaryl/α,β-unsaturated/α-hetero) is 1. The van der Waals surface area contributed by atoms with Crippen molar-refractivity contribution in [3.63, 3.8) is 0 Å². The number of benzene rings is 2. The van der Waals surface area contributed by atoms with Crippen molar-refractivity contribution in [2.75, 3.05) is 6.54 Å². The Morgan fingerprint density at radius 3 is 2.39 bits per heavy atom. The van der Waals surface area contributed by atoms with Crippen LogP contribution in [0, 0.1) is 0 Å². The number of nitrogens with one attached hydrogen (secondary N) is 1. The fourth-order valence-corrected chi connectivity index (χ4v) is 3.72. The molecule has 0 unspecified atom stereocenters. The molecule has 0 radical (unpaired) electrons. The van der Waals surface area contributed by atoms with Crippen LogP contribution in [0.15, 0.2) is 47.4 Å². The molecule has 0 heterocycles. The number of carbonyl (C=O) groups is 2. The highest BCUT2D eigenvalue weighted by molar-refractivity contribution is 7.87. The second-order valence-corrected chi connectivity index (χ2v) is 7.61. The summed E-state index contributed by atoms with van der Waals surface area (Å²) >= 11 is 0. The lowest BCUT2D eigenvalue weighted by Gasteiger charge is -2.11. The number of hydrogen-bond acceptors (Lipinski definition) is 5. The quantitative estimate of drug-likeness (QED) is 0.762. The first-order valence-electron chi connectivity index (χ1n) is 8.11. The van der Waals surface area contributed by atoms with Gasteiger partial charge in [0.2, 0.25) is 0 Å². The minimum atomic E-state index is -4.55. The number of alkyl halides is 3. The van der Waals surface area contributed by atoms with E-state index < -0.39 is 28.7 Å². The van der Waals surface area contributed by atoms with Gasteiger partial charge in [0.05, 0.1) is 0 Å². The first-order chi connectivity index (χ1) is 13.1. The summed E-state index contributed by atoms with van der Waals surface area (Å²) in [5, 5.41) is 1.69. The fourth-order valence-electron chi connectivity index (χ4n) is 2.76. The molecule has 0 aliphatic heterocycles. The summed E-state index contributed by atoms with van der Waals surface area (Å²) in [6.45, 7) is -1.49. The molecule has 2 aromatic rings. The molecular formula is C18H14F3NO5S. The molecule has 0 saturated carbocycles. The van der Waals surface area contributed by atoms with E-state index in [-0.39, 0.29) is 28.4 Å². The van der Waals surface area contributed by atoms with E-state index >= 15 is 0 Å². The molecule has 0 spiro atoms. The van der Waals surface area contributed by atoms with Gasteiger partial charge in [0.1, 0.15) is 17.2 Å². The molecule has 28 heavy (non-hydrogen) atoms. The Bertz CT molecular complexity index is 1030. The van der Waals surface area contributed by atoms with Crippen molar-refractivity contribution in [3.05, 3.63) is 59.2 Å². The number of amides is 1. The van der Waals surface area contributed by atoms with Crippen molar-refractivity contribution < 1.29 is 35.4 Å². The molecule has 10 heteroatoms. The van der Waals surface area contributed by atoms with Crippen LogP contribution in [0.5, 0.6) is 5.75 Å². The van der Waals surface area contributed by atoms with Crippen molar-refractivity contribution in [1.82, 2.24) is 5.32 Å². The minimum Gasteiger partial charge on any atom is -0.379 e. The number of rotatable bonds is 5. The molecule has 6 nitrogen and oxygen atoms in total. The summed E-state index contributed by atoms with van der Waals surface area (Å²) in [7, 11) is -4.25. The van der Waals surface area contributed by atoms with Gasteiger partial charge in [-0.15, -0.1) is 0 Å². The van der Waals surface area contributed by atoms with E-state index in [0.717, 1.165) is 24.3 Å². The van der Waals surface area contributed by atoms with E-state index in [0.29, 0.717) is 17.5 Å². The van der Waals surface area contributed by atoms with Gasteiger partial charge in [0, 0.05) is 23.1 Å². The SMILES string of the molecule is O=C(NCC(F)(F)F)c1ccc(S(=O)(=O)Oc2cccc3c2CCC3=O)cc1. The zero-order chi connectivity index (χ0) is 20.5. The normalized spacial score (nSPS) is 13.9. The minimum absolute atomic E-state index is 0.0512. The molecule has 1 N–H and O–H groups in total. The van der Waals surface area contributed by atoms with Crippen LogP contribution in [-0.4, -0.2) is 32.8 Å². The molecule has 0 bridgehead atoms. The Balaban J connectivity index is 1.77. The van der Waals surface area contributed by atoms with Gasteiger partial charge in [0.25, 0.3) is 5.91 Å². The molecule has 1 aliphatic carbocycles. The standard InChI is InChI=1S/C18H14F3NO5S/c19-18(20,21)10-22-17(24)11-4-6-12(7-5-11)28(25,26)27-16-3-1-2-13-14(16)8-9-15(13)23/h1-7H,8-10H2,(H,22,24). The molecule has 0 atom stereocenters. The van der Waals surface area contributed by atoms with Gasteiger partial charge >= 0.3 is 16.3 Å². The summed E-state index contributed by atoms with van der Waals surface area (Å²) in [5.74, 6) is -1.02. The highest BCUT2D eigenvalue weighted by atomic mass is 32.2. The largest absolute Gasteiger partial charge is 0.405 e. The first kappa shape index (κ1) is 19.9. The molecular weight excluding hydrogens is 399 g/mol. The molecule has 148 valence electrons. The van der Waals surface area contributed by atoms with Gasteiger partial charge in [-0.2, -0.15) is 21.6 Å². The van der Waals surface area contributed by atoms with Crippen LogP contribution in [0.4, 0.5) is 13.2 Å². The highest BCUT2D eigenvalue weighted by Gasteiger charge is 2.28. The third-order valence-corrected chi connectivity index (χ3v) is 5.34. The van der Waals surface area contributed by atoms with E-state index in [1.165, 1.54) is 12.1 Å². The number of halogens is 3. The third-order valence-electron chi connectivity index (χ3n) is 4.09. The van der Waals surface area contributed by atoms with Crippen LogP contribution < -0.4 is 9.50 Å². The number of hydrogen-bond donors (Lipinski definition) is 1. The third kappa shape index (κ3) is 4.33. The monoisotopic (exact) mass is 413 g/mol. The van der Waals surface area contributed by atoms with Crippen molar-refractivity contribution >= 4 is 21.8 Å². The van der Waals surface area contributed by atoms with Crippen molar-refractivity contribution in [2.24, 2.45) is 0 Å². The lowest BCUT2D eigenvalue weighted by Crippen LogP contribution is -2.33. The Kier molecular flexibility index (Phi) is 5.16. The predicted molar refractivity (Wildman–Crippen MR) is 91.7 cm³/mol. The number of ketones is 1. The second kappa shape index (κ2) is 7.27. The number of carbonyl (C=O) groups excluding carboxylic acids is 2. The predicted octanol–water partition coefficient (Wildman–Crippen LogP) is 2.88. The van der Waals surface area contributed by atoms with Crippen LogP contribution in [0.3, 0.4) is 0 Å². The van der Waals surface area contributed by atoms with Gasteiger partial charge in [-0.25, -0.2) is 0 Å². The average Bonchev–Trinajstić information content (AvgIpc) is 3.01. The fraction of sp³-hybridized carbons (Fsp3) is 0.222. The maximum atomic E-state index is 12.5. The Morgan fingerprint density at radius 1 is 1.07 bits per heavy atom. The Labute approximate surface area is 158 Å². The van der Waals surface area contributed by atoms with Crippen molar-refractivity contribution in [1.29, 1.82) is 0 Å². The summed E-state index contributed by atoms with van der Waals surface area (Å²) in [6, 6.07) is 8.84. The van der Waals surface area contributed by atoms with E-state index in [1.54, 1.807) is 11.4 Å². The average molecular weight is 413 g/mol. The summed E-state index contributed by atoms with van der Waals surface area (Å²) in [4.78, 5) is 23.2. The molecule has 0 aromatic heterocycles. The molecule has 1 amide bonds. The summed E-state index contributed by atoms with van der Waals surface area (Å²) in [6.07, 6.45) is -3.90. The Hall–Kier alpha value is -2.88. The molecule has 2 aromatic carbocycles.